The molecule has 0 bridgehead atoms. The first-order valence-electron chi connectivity index (χ1n) is 8.46. The van der Waals surface area contributed by atoms with Crippen molar-refractivity contribution in [3.63, 3.8) is 0 Å². The lowest BCUT2D eigenvalue weighted by atomic mass is 10.1. The average Bonchev–Trinajstić information content (AvgIpc) is 3.04. The van der Waals surface area contributed by atoms with E-state index in [1.807, 2.05) is 31.2 Å². The number of thioether (sulfide) groups is 1. The minimum Gasteiger partial charge on any atom is -0.451 e. The van der Waals surface area contributed by atoms with Crippen LogP contribution in [0.25, 0.3) is 11.0 Å². The number of benzene rings is 2. The first-order valence-corrected chi connectivity index (χ1v) is 9.44. The fraction of sp³-hybridized carbons (Fsp3) is 0.250. The summed E-state index contributed by atoms with van der Waals surface area (Å²) in [5, 5.41) is 3.73. The molecule has 3 N–H and O–H groups in total. The molecule has 1 amide bonds. The van der Waals surface area contributed by atoms with Crippen LogP contribution in [0.2, 0.25) is 0 Å². The van der Waals surface area contributed by atoms with E-state index in [9.17, 15) is 9.18 Å². The molecule has 136 valence electrons. The van der Waals surface area contributed by atoms with Gasteiger partial charge in [0.15, 0.2) is 5.76 Å². The van der Waals surface area contributed by atoms with Crippen molar-refractivity contribution in [2.45, 2.75) is 17.6 Å². The van der Waals surface area contributed by atoms with Gasteiger partial charge < -0.3 is 15.5 Å². The minimum absolute atomic E-state index is 0.180. The highest BCUT2D eigenvalue weighted by Crippen LogP contribution is 2.33. The number of fused-ring (bicyclic) bond motifs is 1. The lowest BCUT2D eigenvalue weighted by molar-refractivity contribution is 0.0922. The average molecular weight is 372 g/mol. The van der Waals surface area contributed by atoms with Crippen LogP contribution < -0.4 is 11.1 Å². The van der Waals surface area contributed by atoms with Gasteiger partial charge in [-0.05, 0) is 30.7 Å². The molecule has 0 aliphatic carbocycles. The second-order valence-corrected chi connectivity index (χ2v) is 7.19. The molecule has 0 aliphatic heterocycles. The molecule has 0 radical (unpaired) electrons. The molecule has 6 heteroatoms. The fourth-order valence-electron chi connectivity index (χ4n) is 2.57. The molecular weight excluding hydrogens is 351 g/mol. The van der Waals surface area contributed by atoms with Gasteiger partial charge in [-0.25, -0.2) is 4.39 Å². The number of hydrogen-bond acceptors (Lipinski definition) is 4. The van der Waals surface area contributed by atoms with Gasteiger partial charge in [0.05, 0.1) is 0 Å². The van der Waals surface area contributed by atoms with Gasteiger partial charge >= 0.3 is 0 Å². The molecule has 0 fully saturated rings. The highest BCUT2D eigenvalue weighted by atomic mass is 32.2. The second kappa shape index (κ2) is 8.38. The normalized spacial score (nSPS) is 12.3. The predicted molar refractivity (Wildman–Crippen MR) is 103 cm³/mol. The van der Waals surface area contributed by atoms with Crippen molar-refractivity contribution in [2.24, 2.45) is 11.7 Å². The summed E-state index contributed by atoms with van der Waals surface area (Å²) in [7, 11) is 0. The monoisotopic (exact) mass is 372 g/mol. The number of furan rings is 1. The smallest absolute Gasteiger partial charge is 0.287 e. The zero-order chi connectivity index (χ0) is 18.5. The molecule has 3 aromatic rings. The van der Waals surface area contributed by atoms with Crippen molar-refractivity contribution >= 4 is 28.6 Å². The van der Waals surface area contributed by atoms with Gasteiger partial charge in [-0.2, -0.15) is 0 Å². The van der Waals surface area contributed by atoms with Gasteiger partial charge in [0, 0.05) is 28.1 Å². The molecule has 0 saturated carbocycles. The molecule has 26 heavy (non-hydrogen) atoms. The third-order valence-electron chi connectivity index (χ3n) is 4.13. The number of rotatable bonds is 7. The number of carbonyl (C=O) groups is 1. The van der Waals surface area contributed by atoms with Gasteiger partial charge in [-0.3, -0.25) is 4.79 Å². The number of carbonyl (C=O) groups excluding carboxylic acids is 1. The zero-order valence-electron chi connectivity index (χ0n) is 14.5. The molecule has 2 aromatic carbocycles. The largest absolute Gasteiger partial charge is 0.451 e. The number of nitrogens with one attached hydrogen (secondary N) is 1. The number of amides is 1. The lowest BCUT2D eigenvalue weighted by Crippen LogP contribution is -2.31. The van der Waals surface area contributed by atoms with Crippen molar-refractivity contribution in [1.82, 2.24) is 5.32 Å². The van der Waals surface area contributed by atoms with E-state index in [-0.39, 0.29) is 23.4 Å². The maximum absolute atomic E-state index is 13.9. The van der Waals surface area contributed by atoms with Crippen LogP contribution in [0.3, 0.4) is 0 Å². The summed E-state index contributed by atoms with van der Waals surface area (Å²) in [5.41, 5.74) is 7.02. The second-order valence-electron chi connectivity index (χ2n) is 6.18. The minimum atomic E-state index is -0.273. The SMILES string of the molecule is CC(CN)CNC(=O)c1oc2ccccc2c1CSc1ccccc1F. The number of para-hydroxylation sites is 1. The Morgan fingerprint density at radius 1 is 1.23 bits per heavy atom. The Hall–Kier alpha value is -2.31. The van der Waals surface area contributed by atoms with Crippen molar-refractivity contribution < 1.29 is 13.6 Å². The van der Waals surface area contributed by atoms with Crippen molar-refractivity contribution in [3.8, 4) is 0 Å². The summed E-state index contributed by atoms with van der Waals surface area (Å²) in [6.07, 6.45) is 0. The van der Waals surface area contributed by atoms with E-state index in [2.05, 4.69) is 5.32 Å². The third-order valence-corrected chi connectivity index (χ3v) is 5.20. The molecule has 4 nitrogen and oxygen atoms in total. The van der Waals surface area contributed by atoms with Gasteiger partial charge in [-0.15, -0.1) is 11.8 Å². The Morgan fingerprint density at radius 2 is 1.96 bits per heavy atom. The molecule has 0 aliphatic rings. The predicted octanol–water partition coefficient (Wildman–Crippen LogP) is 4.19. The summed E-state index contributed by atoms with van der Waals surface area (Å²) < 4.78 is 19.7. The van der Waals surface area contributed by atoms with Crippen molar-refractivity contribution in [2.75, 3.05) is 13.1 Å². The van der Waals surface area contributed by atoms with E-state index in [4.69, 9.17) is 10.2 Å². The highest BCUT2D eigenvalue weighted by Gasteiger charge is 2.21. The van der Waals surface area contributed by atoms with Crippen LogP contribution in [0.4, 0.5) is 4.39 Å². The summed E-state index contributed by atoms with van der Waals surface area (Å²) in [6.45, 7) is 2.94. The molecular formula is C20H21FN2O2S. The molecule has 1 aromatic heterocycles. The first-order chi connectivity index (χ1) is 12.6. The van der Waals surface area contributed by atoms with E-state index in [1.165, 1.54) is 17.8 Å². The van der Waals surface area contributed by atoms with Crippen molar-refractivity contribution in [3.05, 3.63) is 65.7 Å². The molecule has 1 atom stereocenters. The van der Waals surface area contributed by atoms with Gasteiger partial charge in [0.25, 0.3) is 5.91 Å². The summed E-state index contributed by atoms with van der Waals surface area (Å²) in [5.74, 6) is 0.352. The van der Waals surface area contributed by atoms with E-state index in [1.54, 1.807) is 18.2 Å². The van der Waals surface area contributed by atoms with Gasteiger partial charge in [-0.1, -0.05) is 37.3 Å². The van der Waals surface area contributed by atoms with E-state index < -0.39 is 0 Å². The number of hydrogen-bond donors (Lipinski definition) is 2. The van der Waals surface area contributed by atoms with Crippen LogP contribution in [0.5, 0.6) is 0 Å². The third kappa shape index (κ3) is 4.08. The van der Waals surface area contributed by atoms with Crippen LogP contribution in [0, 0.1) is 11.7 Å². The zero-order valence-corrected chi connectivity index (χ0v) is 15.3. The summed E-state index contributed by atoms with van der Waals surface area (Å²) >= 11 is 1.35. The van der Waals surface area contributed by atoms with Crippen LogP contribution in [-0.4, -0.2) is 19.0 Å². The Morgan fingerprint density at radius 3 is 2.73 bits per heavy atom. The van der Waals surface area contributed by atoms with E-state index in [0.717, 1.165) is 10.9 Å². The number of nitrogens with two attached hydrogens (primary N) is 1. The maximum atomic E-state index is 13.9. The van der Waals surface area contributed by atoms with Crippen LogP contribution >= 0.6 is 11.8 Å². The van der Waals surface area contributed by atoms with E-state index >= 15 is 0 Å². The topological polar surface area (TPSA) is 68.3 Å². The van der Waals surface area contributed by atoms with Gasteiger partial charge in [0.1, 0.15) is 11.4 Å². The summed E-state index contributed by atoms with van der Waals surface area (Å²) in [6, 6.07) is 14.1. The van der Waals surface area contributed by atoms with Crippen LogP contribution in [0.1, 0.15) is 23.0 Å². The van der Waals surface area contributed by atoms with E-state index in [0.29, 0.717) is 29.3 Å². The van der Waals surface area contributed by atoms with Crippen LogP contribution in [-0.2, 0) is 5.75 Å². The Balaban J connectivity index is 1.87. The molecule has 0 spiro atoms. The molecule has 3 rings (SSSR count). The molecule has 1 heterocycles. The molecule has 1 unspecified atom stereocenters. The number of halogens is 1. The Bertz CT molecular complexity index is 910. The fourth-order valence-corrected chi connectivity index (χ4v) is 3.53. The highest BCUT2D eigenvalue weighted by molar-refractivity contribution is 7.98. The maximum Gasteiger partial charge on any atom is 0.287 e. The standard InChI is InChI=1S/C20H21FN2O2S/c1-13(10-22)11-23-20(24)19-15(14-6-2-4-8-17(14)25-19)12-26-18-9-5-3-7-16(18)21/h2-9,13H,10-12,22H2,1H3,(H,23,24). The van der Waals surface area contributed by atoms with Crippen molar-refractivity contribution in [1.29, 1.82) is 0 Å². The first kappa shape index (κ1) is 18.5. The Labute approximate surface area is 155 Å². The molecule has 0 saturated heterocycles. The van der Waals surface area contributed by atoms with Gasteiger partial charge in [0.2, 0.25) is 0 Å². The lowest BCUT2D eigenvalue weighted by Gasteiger charge is -2.10. The summed E-state index contributed by atoms with van der Waals surface area (Å²) in [4.78, 5) is 13.1. The Kier molecular flexibility index (Phi) is 5.96. The van der Waals surface area contributed by atoms with Crippen LogP contribution in [0.15, 0.2) is 57.8 Å². The quantitative estimate of drug-likeness (QED) is 0.610.